The molecular formula is C13H13N3O3S. The molecule has 0 aliphatic rings. The fraction of sp³-hybridized carbons (Fsp3) is 0.154. The topological polar surface area (TPSA) is 98.3 Å². The van der Waals surface area contributed by atoms with Crippen LogP contribution in [0.15, 0.2) is 29.0 Å². The maximum Gasteiger partial charge on any atom is 0.282 e. The second kappa shape index (κ2) is 5.70. The molecule has 20 heavy (non-hydrogen) atoms. The van der Waals surface area contributed by atoms with Crippen LogP contribution in [0.3, 0.4) is 0 Å². The summed E-state index contributed by atoms with van der Waals surface area (Å²) in [7, 11) is 0. The number of amides is 1. The summed E-state index contributed by atoms with van der Waals surface area (Å²) < 4.78 is 0. The van der Waals surface area contributed by atoms with Gasteiger partial charge in [0.15, 0.2) is 0 Å². The van der Waals surface area contributed by atoms with Crippen LogP contribution in [0, 0.1) is 17.0 Å². The summed E-state index contributed by atoms with van der Waals surface area (Å²) >= 11 is 1.54. The minimum atomic E-state index is -0.593. The molecule has 1 amide bonds. The molecule has 0 radical (unpaired) electrons. The van der Waals surface area contributed by atoms with Crippen molar-refractivity contribution in [2.24, 2.45) is 0 Å². The quantitative estimate of drug-likeness (QED) is 0.513. The van der Waals surface area contributed by atoms with Gasteiger partial charge in [-0.25, -0.2) is 0 Å². The molecule has 0 atom stereocenters. The Labute approximate surface area is 119 Å². The van der Waals surface area contributed by atoms with Crippen molar-refractivity contribution in [3.63, 3.8) is 0 Å². The van der Waals surface area contributed by atoms with E-state index in [1.807, 2.05) is 17.7 Å². The Morgan fingerprint density at radius 1 is 1.45 bits per heavy atom. The average molecular weight is 291 g/mol. The monoisotopic (exact) mass is 291 g/mol. The number of nitro groups is 1. The molecule has 2 aromatic rings. The normalized spacial score (nSPS) is 10.2. The largest absolute Gasteiger partial charge is 0.399 e. The summed E-state index contributed by atoms with van der Waals surface area (Å²) in [5, 5.41) is 17.5. The summed E-state index contributed by atoms with van der Waals surface area (Å²) in [6, 6.07) is 3.95. The van der Waals surface area contributed by atoms with E-state index in [4.69, 9.17) is 5.73 Å². The number of hydrogen-bond donors (Lipinski definition) is 2. The lowest BCUT2D eigenvalue weighted by molar-refractivity contribution is -0.385. The molecule has 0 fully saturated rings. The van der Waals surface area contributed by atoms with Gasteiger partial charge < -0.3 is 11.1 Å². The molecule has 1 aromatic carbocycles. The van der Waals surface area contributed by atoms with Crippen molar-refractivity contribution in [2.45, 2.75) is 13.5 Å². The van der Waals surface area contributed by atoms with Crippen LogP contribution in [0.25, 0.3) is 0 Å². The Morgan fingerprint density at radius 2 is 2.20 bits per heavy atom. The number of carbonyl (C=O) groups excluding carboxylic acids is 1. The summed E-state index contributed by atoms with van der Waals surface area (Å²) in [5.74, 6) is -0.505. The van der Waals surface area contributed by atoms with Crippen molar-refractivity contribution < 1.29 is 9.72 Å². The molecule has 0 aliphatic carbocycles. The van der Waals surface area contributed by atoms with Crippen LogP contribution in [0.5, 0.6) is 0 Å². The molecule has 2 rings (SSSR count). The highest BCUT2D eigenvalue weighted by atomic mass is 32.1. The molecule has 0 saturated heterocycles. The van der Waals surface area contributed by atoms with E-state index in [0.717, 1.165) is 11.1 Å². The zero-order chi connectivity index (χ0) is 14.7. The first-order chi connectivity index (χ1) is 9.49. The van der Waals surface area contributed by atoms with Crippen molar-refractivity contribution >= 4 is 28.6 Å². The predicted octanol–water partition coefficient (Wildman–Crippen LogP) is 2.48. The third-order valence-corrected chi connectivity index (χ3v) is 3.77. The highest BCUT2D eigenvalue weighted by Gasteiger charge is 2.20. The van der Waals surface area contributed by atoms with Gasteiger partial charge in [-0.15, -0.1) is 0 Å². The maximum absolute atomic E-state index is 12.1. The Morgan fingerprint density at radius 3 is 2.80 bits per heavy atom. The molecular weight excluding hydrogens is 278 g/mol. The lowest BCUT2D eigenvalue weighted by atomic mass is 10.1. The van der Waals surface area contributed by atoms with E-state index < -0.39 is 10.8 Å². The first-order valence-electron chi connectivity index (χ1n) is 5.83. The summed E-state index contributed by atoms with van der Waals surface area (Å²) in [6.07, 6.45) is 0. The van der Waals surface area contributed by atoms with E-state index in [0.29, 0.717) is 12.2 Å². The number of nitrogen functional groups attached to an aromatic ring is 1. The highest BCUT2D eigenvalue weighted by molar-refractivity contribution is 7.08. The average Bonchev–Trinajstić information content (AvgIpc) is 2.81. The molecule has 3 N–H and O–H groups in total. The van der Waals surface area contributed by atoms with E-state index in [9.17, 15) is 14.9 Å². The number of benzene rings is 1. The number of thiophene rings is 1. The molecule has 0 unspecified atom stereocenters. The zero-order valence-corrected chi connectivity index (χ0v) is 11.6. The Hall–Kier alpha value is -2.41. The first-order valence-corrected chi connectivity index (χ1v) is 6.77. The van der Waals surface area contributed by atoms with Crippen molar-refractivity contribution in [1.29, 1.82) is 0 Å². The fourth-order valence-electron chi connectivity index (χ4n) is 1.73. The molecule has 0 saturated carbocycles. The number of aryl methyl sites for hydroxylation is 1. The van der Waals surface area contributed by atoms with Crippen molar-refractivity contribution in [3.8, 4) is 0 Å². The van der Waals surface area contributed by atoms with Gasteiger partial charge in [0.05, 0.1) is 4.92 Å². The number of rotatable bonds is 4. The van der Waals surface area contributed by atoms with E-state index in [1.165, 1.54) is 18.2 Å². The third-order valence-electron chi connectivity index (χ3n) is 2.86. The SMILES string of the molecule is Cc1cscc1CNC(=O)c1cc(N)ccc1[N+](=O)[O-]. The van der Waals surface area contributed by atoms with Gasteiger partial charge in [-0.05, 0) is 40.9 Å². The Kier molecular flexibility index (Phi) is 3.99. The van der Waals surface area contributed by atoms with Crippen LogP contribution in [-0.4, -0.2) is 10.8 Å². The number of hydrogen-bond acceptors (Lipinski definition) is 5. The lowest BCUT2D eigenvalue weighted by Gasteiger charge is -2.06. The summed E-state index contributed by atoms with van der Waals surface area (Å²) in [4.78, 5) is 22.4. The Bertz CT molecular complexity index is 667. The fourth-order valence-corrected chi connectivity index (χ4v) is 2.59. The van der Waals surface area contributed by atoms with Crippen LogP contribution >= 0.6 is 11.3 Å². The molecule has 104 valence electrons. The first kappa shape index (κ1) is 14.0. The van der Waals surface area contributed by atoms with Crippen LogP contribution < -0.4 is 11.1 Å². The second-order valence-electron chi connectivity index (χ2n) is 4.30. The standard InChI is InChI=1S/C13H13N3O3S/c1-8-6-20-7-9(8)5-15-13(17)11-4-10(14)2-3-12(11)16(18)19/h2-4,6-7H,5,14H2,1H3,(H,15,17). The zero-order valence-electron chi connectivity index (χ0n) is 10.8. The smallest absolute Gasteiger partial charge is 0.282 e. The van der Waals surface area contributed by atoms with Gasteiger partial charge in [0, 0.05) is 18.3 Å². The number of nitrogens with zero attached hydrogens (tertiary/aromatic N) is 1. The van der Waals surface area contributed by atoms with Gasteiger partial charge >= 0.3 is 0 Å². The number of nitro benzene ring substituents is 1. The molecule has 1 heterocycles. The molecule has 0 bridgehead atoms. The number of nitrogens with two attached hydrogens (primary N) is 1. The maximum atomic E-state index is 12.1. The van der Waals surface area contributed by atoms with Crippen molar-refractivity contribution in [2.75, 3.05) is 5.73 Å². The van der Waals surface area contributed by atoms with Crippen molar-refractivity contribution in [1.82, 2.24) is 5.32 Å². The van der Waals surface area contributed by atoms with Crippen LogP contribution in [0.4, 0.5) is 11.4 Å². The molecule has 0 spiro atoms. The van der Waals surface area contributed by atoms with Crippen LogP contribution in [0.2, 0.25) is 0 Å². The molecule has 7 heteroatoms. The van der Waals surface area contributed by atoms with Crippen LogP contribution in [0.1, 0.15) is 21.5 Å². The third kappa shape index (κ3) is 2.94. The number of anilines is 1. The van der Waals surface area contributed by atoms with E-state index >= 15 is 0 Å². The summed E-state index contributed by atoms with van der Waals surface area (Å²) in [5.41, 5.74) is 7.69. The minimum absolute atomic E-state index is 0.0251. The van der Waals surface area contributed by atoms with Gasteiger partial charge in [0.1, 0.15) is 5.56 Å². The predicted molar refractivity (Wildman–Crippen MR) is 77.7 cm³/mol. The van der Waals surface area contributed by atoms with Crippen molar-refractivity contribution in [3.05, 3.63) is 55.8 Å². The second-order valence-corrected chi connectivity index (χ2v) is 5.04. The Balaban J connectivity index is 2.19. The number of nitrogens with one attached hydrogen (secondary N) is 1. The molecule has 0 aliphatic heterocycles. The van der Waals surface area contributed by atoms with Gasteiger partial charge in [0.25, 0.3) is 11.6 Å². The number of carbonyl (C=O) groups is 1. The highest BCUT2D eigenvalue weighted by Crippen LogP contribution is 2.21. The summed E-state index contributed by atoms with van der Waals surface area (Å²) in [6.45, 7) is 2.28. The van der Waals surface area contributed by atoms with E-state index in [1.54, 1.807) is 11.3 Å². The lowest BCUT2D eigenvalue weighted by Crippen LogP contribution is -2.24. The van der Waals surface area contributed by atoms with E-state index in [-0.39, 0.29) is 11.3 Å². The van der Waals surface area contributed by atoms with Gasteiger partial charge in [-0.2, -0.15) is 11.3 Å². The van der Waals surface area contributed by atoms with Gasteiger partial charge in [-0.1, -0.05) is 0 Å². The van der Waals surface area contributed by atoms with E-state index in [2.05, 4.69) is 5.32 Å². The minimum Gasteiger partial charge on any atom is -0.399 e. The van der Waals surface area contributed by atoms with Crippen LogP contribution in [-0.2, 0) is 6.54 Å². The molecule has 1 aromatic heterocycles. The van der Waals surface area contributed by atoms with Gasteiger partial charge in [0.2, 0.25) is 0 Å². The van der Waals surface area contributed by atoms with Gasteiger partial charge in [-0.3, -0.25) is 14.9 Å². The molecule has 6 nitrogen and oxygen atoms in total.